The van der Waals surface area contributed by atoms with Crippen molar-refractivity contribution in [3.8, 4) is 11.1 Å². The lowest BCUT2D eigenvalue weighted by atomic mass is 10.1. The molecule has 0 unspecified atom stereocenters. The standard InChI is InChI=1S/C13H15NOS.C9H7NS/c15-7-6-14-9-11-1-3-12(4-2-11)13-5-8-16-10-13;11-9-3-1-2-7-6-10-5-4-8(7)9/h1-5,8,10,14-15H,6-7,9H2;1-6,11H. The summed E-state index contributed by atoms with van der Waals surface area (Å²) in [5.41, 5.74) is 3.78. The lowest BCUT2D eigenvalue weighted by Gasteiger charge is -2.04. The molecule has 0 radical (unpaired) electrons. The van der Waals surface area contributed by atoms with Crippen LogP contribution in [0.1, 0.15) is 5.56 Å². The van der Waals surface area contributed by atoms with Crippen molar-refractivity contribution in [1.82, 2.24) is 10.3 Å². The number of nitrogens with one attached hydrogen (secondary N) is 1. The van der Waals surface area contributed by atoms with E-state index in [-0.39, 0.29) is 6.61 Å². The minimum atomic E-state index is 0.187. The number of nitrogens with zero attached hydrogens (tertiary/aromatic N) is 1. The van der Waals surface area contributed by atoms with Gasteiger partial charge in [-0.05, 0) is 51.0 Å². The van der Waals surface area contributed by atoms with E-state index in [9.17, 15) is 0 Å². The van der Waals surface area contributed by atoms with E-state index in [2.05, 4.69) is 64.0 Å². The zero-order valence-corrected chi connectivity index (χ0v) is 16.6. The lowest BCUT2D eigenvalue weighted by molar-refractivity contribution is 0.292. The average molecular weight is 395 g/mol. The van der Waals surface area contributed by atoms with E-state index in [1.807, 2.05) is 30.5 Å². The van der Waals surface area contributed by atoms with Crippen LogP contribution in [-0.4, -0.2) is 23.2 Å². The predicted molar refractivity (Wildman–Crippen MR) is 118 cm³/mol. The normalized spacial score (nSPS) is 10.4. The Hall–Kier alpha value is -2.18. The van der Waals surface area contributed by atoms with Gasteiger partial charge in [-0.3, -0.25) is 4.98 Å². The number of thiophene rings is 1. The van der Waals surface area contributed by atoms with Gasteiger partial charge in [0.15, 0.2) is 0 Å². The maximum Gasteiger partial charge on any atom is 0.0556 e. The van der Waals surface area contributed by atoms with Crippen molar-refractivity contribution in [3.05, 3.63) is 83.3 Å². The van der Waals surface area contributed by atoms with Gasteiger partial charge in [-0.2, -0.15) is 11.3 Å². The molecule has 0 saturated heterocycles. The maximum atomic E-state index is 8.65. The Labute approximate surface area is 169 Å². The maximum absolute atomic E-state index is 8.65. The molecular weight excluding hydrogens is 372 g/mol. The number of hydrogen-bond donors (Lipinski definition) is 3. The quantitative estimate of drug-likeness (QED) is 0.329. The van der Waals surface area contributed by atoms with Crippen LogP contribution in [0.2, 0.25) is 0 Å². The van der Waals surface area contributed by atoms with Gasteiger partial charge in [0.25, 0.3) is 0 Å². The molecule has 5 heteroatoms. The van der Waals surface area contributed by atoms with Crippen LogP contribution in [0.25, 0.3) is 21.9 Å². The van der Waals surface area contributed by atoms with Crippen molar-refractivity contribution >= 4 is 34.7 Å². The highest BCUT2D eigenvalue weighted by atomic mass is 32.1. The van der Waals surface area contributed by atoms with Crippen LogP contribution in [0, 0.1) is 0 Å². The molecule has 0 aliphatic rings. The molecule has 0 aliphatic heterocycles. The van der Waals surface area contributed by atoms with Crippen molar-refractivity contribution in [3.63, 3.8) is 0 Å². The summed E-state index contributed by atoms with van der Waals surface area (Å²) in [6.45, 7) is 1.64. The largest absolute Gasteiger partial charge is 0.395 e. The summed E-state index contributed by atoms with van der Waals surface area (Å²) in [5, 5.41) is 18.3. The molecule has 27 heavy (non-hydrogen) atoms. The Bertz CT molecular complexity index is 948. The number of rotatable bonds is 5. The highest BCUT2D eigenvalue weighted by Crippen LogP contribution is 2.22. The fourth-order valence-corrected chi connectivity index (χ4v) is 3.62. The summed E-state index contributed by atoms with van der Waals surface area (Å²) in [6, 6.07) is 18.6. The van der Waals surface area contributed by atoms with E-state index in [0.717, 1.165) is 22.2 Å². The van der Waals surface area contributed by atoms with Gasteiger partial charge in [0, 0.05) is 35.8 Å². The van der Waals surface area contributed by atoms with Crippen LogP contribution in [0.5, 0.6) is 0 Å². The van der Waals surface area contributed by atoms with Crippen LogP contribution < -0.4 is 5.32 Å². The molecule has 4 aromatic rings. The number of aromatic nitrogens is 1. The van der Waals surface area contributed by atoms with Crippen molar-refractivity contribution in [2.75, 3.05) is 13.2 Å². The third kappa shape index (κ3) is 5.65. The molecular formula is C22H22N2OS2. The van der Waals surface area contributed by atoms with Crippen LogP contribution in [0.15, 0.2) is 82.6 Å². The monoisotopic (exact) mass is 394 g/mol. The summed E-state index contributed by atoms with van der Waals surface area (Å²) in [7, 11) is 0. The summed E-state index contributed by atoms with van der Waals surface area (Å²) < 4.78 is 0. The Morgan fingerprint density at radius 1 is 1.00 bits per heavy atom. The molecule has 2 aromatic heterocycles. The molecule has 0 bridgehead atoms. The number of aliphatic hydroxyl groups excluding tert-OH is 1. The first-order valence-electron chi connectivity index (χ1n) is 8.73. The highest BCUT2D eigenvalue weighted by Gasteiger charge is 1.98. The minimum Gasteiger partial charge on any atom is -0.395 e. The van der Waals surface area contributed by atoms with Gasteiger partial charge >= 0.3 is 0 Å². The third-order valence-corrected chi connectivity index (χ3v) is 5.16. The first kappa shape index (κ1) is 19.6. The third-order valence-electron chi connectivity index (χ3n) is 4.08. The first-order valence-corrected chi connectivity index (χ1v) is 10.1. The van der Waals surface area contributed by atoms with Gasteiger partial charge in [0.05, 0.1) is 6.61 Å². The number of hydrogen-bond acceptors (Lipinski definition) is 5. The molecule has 0 aliphatic carbocycles. The highest BCUT2D eigenvalue weighted by molar-refractivity contribution is 7.80. The van der Waals surface area contributed by atoms with Gasteiger partial charge in [-0.1, -0.05) is 36.4 Å². The van der Waals surface area contributed by atoms with Crippen LogP contribution in [0.3, 0.4) is 0 Å². The molecule has 0 fully saturated rings. The van der Waals surface area contributed by atoms with E-state index >= 15 is 0 Å². The molecule has 2 heterocycles. The molecule has 0 saturated carbocycles. The zero-order valence-electron chi connectivity index (χ0n) is 14.9. The van der Waals surface area contributed by atoms with Crippen LogP contribution in [-0.2, 0) is 6.54 Å². The Kier molecular flexibility index (Phi) is 7.42. The van der Waals surface area contributed by atoms with Crippen molar-refractivity contribution < 1.29 is 5.11 Å². The van der Waals surface area contributed by atoms with Crippen molar-refractivity contribution in [1.29, 1.82) is 0 Å². The van der Waals surface area contributed by atoms with Gasteiger partial charge < -0.3 is 10.4 Å². The van der Waals surface area contributed by atoms with E-state index in [4.69, 9.17) is 5.11 Å². The average Bonchev–Trinajstić information content (AvgIpc) is 3.25. The summed E-state index contributed by atoms with van der Waals surface area (Å²) >= 11 is 6.04. The number of aliphatic hydroxyl groups is 1. The lowest BCUT2D eigenvalue weighted by Crippen LogP contribution is -2.17. The van der Waals surface area contributed by atoms with Gasteiger partial charge in [0.2, 0.25) is 0 Å². The minimum absolute atomic E-state index is 0.187. The second kappa shape index (κ2) is 10.2. The molecule has 0 amide bonds. The smallest absolute Gasteiger partial charge is 0.0556 e. The fourth-order valence-electron chi connectivity index (χ4n) is 2.66. The van der Waals surface area contributed by atoms with E-state index in [0.29, 0.717) is 6.54 Å². The van der Waals surface area contributed by atoms with Gasteiger partial charge in [-0.15, -0.1) is 12.6 Å². The molecule has 138 valence electrons. The summed E-state index contributed by atoms with van der Waals surface area (Å²) in [6.07, 6.45) is 3.62. The second-order valence-electron chi connectivity index (χ2n) is 5.98. The molecule has 0 atom stereocenters. The second-order valence-corrected chi connectivity index (χ2v) is 7.25. The first-order chi connectivity index (χ1) is 13.3. The van der Waals surface area contributed by atoms with Crippen molar-refractivity contribution in [2.24, 2.45) is 0 Å². The van der Waals surface area contributed by atoms with E-state index in [1.165, 1.54) is 16.7 Å². The topological polar surface area (TPSA) is 45.1 Å². The SMILES string of the molecule is OCCNCc1ccc(-c2ccsc2)cc1.Sc1cccc2cnccc12. The fraction of sp³-hybridized carbons (Fsp3) is 0.136. The molecule has 3 nitrogen and oxygen atoms in total. The Balaban J connectivity index is 0.000000166. The van der Waals surface area contributed by atoms with Crippen LogP contribution >= 0.6 is 24.0 Å². The molecule has 4 rings (SSSR count). The number of fused-ring (bicyclic) bond motifs is 1. The van der Waals surface area contributed by atoms with Gasteiger partial charge in [0.1, 0.15) is 0 Å². The van der Waals surface area contributed by atoms with Crippen LogP contribution in [0.4, 0.5) is 0 Å². The van der Waals surface area contributed by atoms with Gasteiger partial charge in [-0.25, -0.2) is 0 Å². The number of thiol groups is 1. The van der Waals surface area contributed by atoms with E-state index in [1.54, 1.807) is 17.5 Å². The Morgan fingerprint density at radius 3 is 2.56 bits per heavy atom. The predicted octanol–water partition coefficient (Wildman–Crippen LogP) is 5.02. The zero-order chi connectivity index (χ0) is 18.9. The Morgan fingerprint density at radius 2 is 1.85 bits per heavy atom. The summed E-state index contributed by atoms with van der Waals surface area (Å²) in [5.74, 6) is 0. The summed E-state index contributed by atoms with van der Waals surface area (Å²) in [4.78, 5) is 5.02. The molecule has 2 N–H and O–H groups in total. The molecule has 0 spiro atoms. The van der Waals surface area contributed by atoms with E-state index < -0.39 is 0 Å². The number of benzene rings is 2. The number of pyridine rings is 1. The van der Waals surface area contributed by atoms with Crippen molar-refractivity contribution in [2.45, 2.75) is 11.4 Å². The molecule has 2 aromatic carbocycles.